The Morgan fingerprint density at radius 3 is 2.57 bits per heavy atom. The van der Waals surface area contributed by atoms with Crippen LogP contribution in [-0.2, 0) is 14.9 Å². The second-order valence-corrected chi connectivity index (χ2v) is 6.84. The summed E-state index contributed by atoms with van der Waals surface area (Å²) in [5.74, 6) is 0.864. The van der Waals surface area contributed by atoms with Crippen LogP contribution in [0.5, 0.6) is 5.75 Å². The predicted octanol–water partition coefficient (Wildman–Crippen LogP) is 4.96. The monoisotopic (exact) mass is 336 g/mol. The third-order valence-electron chi connectivity index (χ3n) is 4.37. The summed E-state index contributed by atoms with van der Waals surface area (Å²) in [5.41, 5.74) is 2.10. The number of hydrogen-bond acceptors (Lipinski definition) is 4. The van der Waals surface area contributed by atoms with Crippen LogP contribution in [0.1, 0.15) is 51.2 Å². The van der Waals surface area contributed by atoms with Gasteiger partial charge < -0.3 is 9.84 Å². The number of esters is 1. The van der Waals surface area contributed by atoms with Crippen molar-refractivity contribution in [3.8, 4) is 5.75 Å². The van der Waals surface area contributed by atoms with E-state index in [-0.39, 0.29) is 11.4 Å². The first-order valence-electron chi connectivity index (χ1n) is 8.11. The Morgan fingerprint density at radius 2 is 2.09 bits per heavy atom. The van der Waals surface area contributed by atoms with Gasteiger partial charge in [-0.15, -0.1) is 11.8 Å². The quantitative estimate of drug-likeness (QED) is 0.538. The highest BCUT2D eigenvalue weighted by Gasteiger charge is 2.31. The van der Waals surface area contributed by atoms with Crippen LogP contribution in [-0.4, -0.2) is 23.9 Å². The average Bonchev–Trinajstić information content (AvgIpc) is 2.56. The largest absolute Gasteiger partial charge is 0.508 e. The molecular weight excluding hydrogens is 308 g/mol. The summed E-state index contributed by atoms with van der Waals surface area (Å²) in [6.07, 6.45) is 4.90. The lowest BCUT2D eigenvalue weighted by molar-refractivity contribution is -0.135. The fraction of sp³-hybridized carbons (Fsp3) is 0.526. The first kappa shape index (κ1) is 19.6. The highest BCUT2D eigenvalue weighted by atomic mass is 32.2. The van der Waals surface area contributed by atoms with Crippen LogP contribution in [0.25, 0.3) is 0 Å². The number of aryl methyl sites for hydroxylation is 1. The molecule has 1 atom stereocenters. The van der Waals surface area contributed by atoms with E-state index in [1.54, 1.807) is 17.8 Å². The molecule has 0 aliphatic rings. The van der Waals surface area contributed by atoms with Gasteiger partial charge in [-0.05, 0) is 43.9 Å². The van der Waals surface area contributed by atoms with Gasteiger partial charge in [0.15, 0.2) is 0 Å². The first-order chi connectivity index (χ1) is 10.9. The summed E-state index contributed by atoms with van der Waals surface area (Å²) < 4.78 is 4.84. The zero-order valence-corrected chi connectivity index (χ0v) is 15.6. The molecule has 0 amide bonds. The number of ether oxygens (including phenoxy) is 1. The Balaban J connectivity index is 3.11. The SMILES string of the molecule is C/C=C(\SCC(CC)(CCC)c1ccc(O)c(C)c1)C(=O)OC. The van der Waals surface area contributed by atoms with Crippen molar-refractivity contribution in [3.05, 3.63) is 40.3 Å². The third-order valence-corrected chi connectivity index (χ3v) is 5.78. The maximum atomic E-state index is 11.8. The minimum Gasteiger partial charge on any atom is -0.508 e. The van der Waals surface area contributed by atoms with Gasteiger partial charge in [-0.3, -0.25) is 0 Å². The molecule has 4 heteroatoms. The number of thioether (sulfide) groups is 1. The van der Waals surface area contributed by atoms with Crippen LogP contribution >= 0.6 is 11.8 Å². The number of allylic oxidation sites excluding steroid dienone is 1. The number of hydrogen-bond donors (Lipinski definition) is 1. The van der Waals surface area contributed by atoms with Gasteiger partial charge in [0.2, 0.25) is 0 Å². The van der Waals surface area contributed by atoms with Gasteiger partial charge in [0.05, 0.1) is 12.0 Å². The number of carbonyl (C=O) groups is 1. The number of phenols is 1. The second-order valence-electron chi connectivity index (χ2n) is 5.82. The summed E-state index contributed by atoms with van der Waals surface area (Å²) in [6, 6.07) is 5.85. The van der Waals surface area contributed by atoms with E-state index < -0.39 is 0 Å². The van der Waals surface area contributed by atoms with Crippen LogP contribution in [0.2, 0.25) is 0 Å². The van der Waals surface area contributed by atoms with Crippen LogP contribution in [0.3, 0.4) is 0 Å². The molecule has 0 aliphatic heterocycles. The Morgan fingerprint density at radius 1 is 1.39 bits per heavy atom. The molecule has 0 aromatic heterocycles. The molecule has 0 heterocycles. The van der Waals surface area contributed by atoms with E-state index in [9.17, 15) is 9.90 Å². The molecule has 23 heavy (non-hydrogen) atoms. The number of phenolic OH excluding ortho intramolecular Hbond substituents is 1. The minimum absolute atomic E-state index is 0.0137. The summed E-state index contributed by atoms with van der Waals surface area (Å²) in [6.45, 7) is 8.15. The molecule has 1 unspecified atom stereocenters. The lowest BCUT2D eigenvalue weighted by Gasteiger charge is -2.33. The molecule has 1 aromatic carbocycles. The lowest BCUT2D eigenvalue weighted by atomic mass is 9.76. The normalized spacial score (nSPS) is 14.4. The van der Waals surface area contributed by atoms with Gasteiger partial charge in [-0.2, -0.15) is 0 Å². The molecule has 128 valence electrons. The number of carbonyl (C=O) groups excluding carboxylic acids is 1. The topological polar surface area (TPSA) is 46.5 Å². The molecule has 0 spiro atoms. The first-order valence-corrected chi connectivity index (χ1v) is 9.10. The zero-order chi connectivity index (χ0) is 17.5. The van der Waals surface area contributed by atoms with Gasteiger partial charge in [-0.1, -0.05) is 38.5 Å². The highest BCUT2D eigenvalue weighted by Crippen LogP contribution is 2.39. The van der Waals surface area contributed by atoms with E-state index in [4.69, 9.17) is 4.74 Å². The number of rotatable bonds is 8. The lowest BCUT2D eigenvalue weighted by Crippen LogP contribution is -2.29. The van der Waals surface area contributed by atoms with Crippen molar-refractivity contribution in [2.24, 2.45) is 0 Å². The van der Waals surface area contributed by atoms with Crippen molar-refractivity contribution in [1.29, 1.82) is 0 Å². The van der Waals surface area contributed by atoms with Crippen molar-refractivity contribution in [1.82, 2.24) is 0 Å². The molecule has 0 saturated carbocycles. The number of aromatic hydroxyl groups is 1. The number of methoxy groups -OCH3 is 1. The van der Waals surface area contributed by atoms with Crippen molar-refractivity contribution < 1.29 is 14.6 Å². The van der Waals surface area contributed by atoms with Crippen molar-refractivity contribution >= 4 is 17.7 Å². The van der Waals surface area contributed by atoms with Crippen LogP contribution in [0, 0.1) is 6.92 Å². The molecule has 0 fully saturated rings. The van der Waals surface area contributed by atoms with Gasteiger partial charge in [-0.25, -0.2) is 4.79 Å². The second kappa shape index (κ2) is 9.02. The maximum Gasteiger partial charge on any atom is 0.343 e. The summed E-state index contributed by atoms with van der Waals surface area (Å²) in [5, 5.41) is 9.80. The van der Waals surface area contributed by atoms with Crippen molar-refractivity contribution in [2.45, 2.75) is 52.4 Å². The summed E-state index contributed by atoms with van der Waals surface area (Å²) >= 11 is 1.55. The Labute approximate surface area is 144 Å². The van der Waals surface area contributed by atoms with Crippen LogP contribution < -0.4 is 0 Å². The maximum absolute atomic E-state index is 11.8. The van der Waals surface area contributed by atoms with Gasteiger partial charge in [0, 0.05) is 11.2 Å². The molecule has 1 N–H and O–H groups in total. The van der Waals surface area contributed by atoms with Gasteiger partial charge in [0.1, 0.15) is 5.75 Å². The molecular formula is C19H28O3S. The fourth-order valence-electron chi connectivity index (χ4n) is 2.82. The van der Waals surface area contributed by atoms with Gasteiger partial charge >= 0.3 is 5.97 Å². The number of benzene rings is 1. The molecule has 0 radical (unpaired) electrons. The van der Waals surface area contributed by atoms with E-state index in [1.807, 2.05) is 26.0 Å². The van der Waals surface area contributed by atoms with Gasteiger partial charge in [0.25, 0.3) is 0 Å². The molecule has 0 saturated heterocycles. The summed E-state index contributed by atoms with van der Waals surface area (Å²) in [7, 11) is 1.41. The van der Waals surface area contributed by atoms with Crippen LogP contribution in [0.4, 0.5) is 0 Å². The van der Waals surface area contributed by atoms with E-state index in [0.29, 0.717) is 10.7 Å². The van der Waals surface area contributed by atoms with Crippen molar-refractivity contribution in [2.75, 3.05) is 12.9 Å². The summed E-state index contributed by atoms with van der Waals surface area (Å²) in [4.78, 5) is 12.4. The van der Waals surface area contributed by atoms with E-state index in [1.165, 1.54) is 12.7 Å². The Hall–Kier alpha value is -1.42. The fourth-order valence-corrected chi connectivity index (χ4v) is 4.14. The molecule has 0 aliphatic carbocycles. The highest BCUT2D eigenvalue weighted by molar-refractivity contribution is 8.04. The smallest absolute Gasteiger partial charge is 0.343 e. The molecule has 0 bridgehead atoms. The van der Waals surface area contributed by atoms with E-state index in [2.05, 4.69) is 19.9 Å². The van der Waals surface area contributed by atoms with E-state index in [0.717, 1.165) is 30.6 Å². The van der Waals surface area contributed by atoms with E-state index >= 15 is 0 Å². The van der Waals surface area contributed by atoms with Crippen LogP contribution in [0.15, 0.2) is 29.2 Å². The average molecular weight is 336 g/mol. The Bertz CT molecular complexity index is 566. The molecule has 1 aromatic rings. The standard InChI is InChI=1S/C19H28O3S/c1-6-11-19(8-3,13-23-17(7-2)18(21)22-5)15-9-10-16(20)14(4)12-15/h7,9-10,12,20H,6,8,11,13H2,1-5H3/b17-7-. The van der Waals surface area contributed by atoms with Crippen molar-refractivity contribution in [3.63, 3.8) is 0 Å². The molecule has 1 rings (SSSR count). The zero-order valence-electron chi connectivity index (χ0n) is 14.8. The predicted molar refractivity (Wildman–Crippen MR) is 98.0 cm³/mol. The molecule has 3 nitrogen and oxygen atoms in total. The Kier molecular flexibility index (Phi) is 7.69. The minimum atomic E-state index is -0.277. The third kappa shape index (κ3) is 4.77.